The second-order valence-corrected chi connectivity index (χ2v) is 6.10. The van der Waals surface area contributed by atoms with Crippen LogP contribution in [0.4, 0.5) is 10.5 Å². The van der Waals surface area contributed by atoms with Crippen molar-refractivity contribution in [2.75, 3.05) is 31.8 Å². The minimum Gasteiger partial charge on any atom is -0.493 e. The van der Waals surface area contributed by atoms with Gasteiger partial charge in [-0.05, 0) is 49.4 Å². The molecule has 0 heterocycles. The van der Waals surface area contributed by atoms with E-state index in [-0.39, 0.29) is 6.03 Å². The molecule has 2 aromatic rings. The Morgan fingerprint density at radius 3 is 2.68 bits per heavy atom. The van der Waals surface area contributed by atoms with Gasteiger partial charge in [-0.15, -0.1) is 11.8 Å². The first kappa shape index (κ1) is 19.0. The topological polar surface area (TPSA) is 59.6 Å². The van der Waals surface area contributed by atoms with Gasteiger partial charge in [-0.1, -0.05) is 18.2 Å². The minimum atomic E-state index is -0.209. The SMILES string of the molecule is CCOc1ccc(CCNC(=O)Nc2ccccc2SC)cc1OC. The largest absolute Gasteiger partial charge is 0.493 e. The van der Waals surface area contributed by atoms with E-state index in [1.54, 1.807) is 18.9 Å². The summed E-state index contributed by atoms with van der Waals surface area (Å²) in [4.78, 5) is 13.1. The Morgan fingerprint density at radius 2 is 1.96 bits per heavy atom. The van der Waals surface area contributed by atoms with E-state index in [1.165, 1.54) is 0 Å². The van der Waals surface area contributed by atoms with Crippen LogP contribution in [0.25, 0.3) is 0 Å². The number of methoxy groups -OCH3 is 1. The van der Waals surface area contributed by atoms with Crippen molar-refractivity contribution in [2.45, 2.75) is 18.2 Å². The Hall–Kier alpha value is -2.34. The first-order valence-corrected chi connectivity index (χ1v) is 9.38. The highest BCUT2D eigenvalue weighted by Gasteiger charge is 2.07. The van der Waals surface area contributed by atoms with Gasteiger partial charge in [0.25, 0.3) is 0 Å². The lowest BCUT2D eigenvalue weighted by Crippen LogP contribution is -2.30. The van der Waals surface area contributed by atoms with Crippen molar-refractivity contribution >= 4 is 23.5 Å². The first-order valence-electron chi connectivity index (χ1n) is 8.15. The molecule has 2 N–H and O–H groups in total. The summed E-state index contributed by atoms with van der Waals surface area (Å²) in [5, 5.41) is 5.76. The first-order chi connectivity index (χ1) is 12.2. The van der Waals surface area contributed by atoms with Gasteiger partial charge in [-0.3, -0.25) is 0 Å². The van der Waals surface area contributed by atoms with Gasteiger partial charge >= 0.3 is 6.03 Å². The molecule has 2 aromatic carbocycles. The highest BCUT2D eigenvalue weighted by molar-refractivity contribution is 7.98. The molecular formula is C19H24N2O3S. The Labute approximate surface area is 153 Å². The molecule has 0 aromatic heterocycles. The summed E-state index contributed by atoms with van der Waals surface area (Å²) < 4.78 is 10.9. The molecule has 0 spiro atoms. The van der Waals surface area contributed by atoms with Gasteiger partial charge in [-0.25, -0.2) is 4.79 Å². The van der Waals surface area contributed by atoms with Gasteiger partial charge in [0.2, 0.25) is 0 Å². The summed E-state index contributed by atoms with van der Waals surface area (Å²) in [6.07, 6.45) is 2.69. The number of ether oxygens (including phenoxy) is 2. The van der Waals surface area contributed by atoms with Crippen molar-refractivity contribution in [1.82, 2.24) is 5.32 Å². The molecule has 25 heavy (non-hydrogen) atoms. The average molecular weight is 360 g/mol. The fraction of sp³-hybridized carbons (Fsp3) is 0.316. The highest BCUT2D eigenvalue weighted by atomic mass is 32.2. The molecule has 0 atom stereocenters. The van der Waals surface area contributed by atoms with E-state index in [2.05, 4.69) is 10.6 Å². The molecule has 0 aliphatic rings. The monoisotopic (exact) mass is 360 g/mol. The molecule has 6 heteroatoms. The lowest BCUT2D eigenvalue weighted by Gasteiger charge is -2.12. The number of amides is 2. The van der Waals surface area contributed by atoms with Gasteiger partial charge in [0.1, 0.15) is 0 Å². The highest BCUT2D eigenvalue weighted by Crippen LogP contribution is 2.28. The fourth-order valence-corrected chi connectivity index (χ4v) is 2.93. The zero-order valence-electron chi connectivity index (χ0n) is 14.8. The van der Waals surface area contributed by atoms with Gasteiger partial charge in [-0.2, -0.15) is 0 Å². The number of urea groups is 1. The molecule has 134 valence electrons. The normalized spacial score (nSPS) is 10.2. The van der Waals surface area contributed by atoms with Crippen LogP contribution >= 0.6 is 11.8 Å². The number of hydrogen-bond donors (Lipinski definition) is 2. The predicted molar refractivity (Wildman–Crippen MR) is 103 cm³/mol. The minimum absolute atomic E-state index is 0.209. The molecular weight excluding hydrogens is 336 g/mol. The van der Waals surface area contributed by atoms with Crippen molar-refractivity contribution < 1.29 is 14.3 Å². The third-order valence-electron chi connectivity index (χ3n) is 3.58. The van der Waals surface area contributed by atoms with E-state index in [0.717, 1.165) is 21.9 Å². The number of carbonyl (C=O) groups is 1. The van der Waals surface area contributed by atoms with Gasteiger partial charge in [0.15, 0.2) is 11.5 Å². The molecule has 0 saturated carbocycles. The molecule has 0 fully saturated rings. The zero-order valence-corrected chi connectivity index (χ0v) is 15.6. The summed E-state index contributed by atoms with van der Waals surface area (Å²) in [7, 11) is 1.62. The van der Waals surface area contributed by atoms with Gasteiger partial charge in [0, 0.05) is 11.4 Å². The van der Waals surface area contributed by atoms with Gasteiger partial charge in [0.05, 0.1) is 19.4 Å². The average Bonchev–Trinajstić information content (AvgIpc) is 2.63. The van der Waals surface area contributed by atoms with E-state index in [9.17, 15) is 4.79 Å². The van der Waals surface area contributed by atoms with Crippen LogP contribution in [-0.2, 0) is 6.42 Å². The van der Waals surface area contributed by atoms with Crippen LogP contribution in [0.5, 0.6) is 11.5 Å². The van der Waals surface area contributed by atoms with E-state index < -0.39 is 0 Å². The molecule has 2 amide bonds. The number of para-hydroxylation sites is 1. The quantitative estimate of drug-likeness (QED) is 0.693. The van der Waals surface area contributed by atoms with E-state index in [0.29, 0.717) is 25.3 Å². The lowest BCUT2D eigenvalue weighted by molar-refractivity contribution is 0.252. The zero-order chi connectivity index (χ0) is 18.1. The van der Waals surface area contributed by atoms with E-state index in [4.69, 9.17) is 9.47 Å². The van der Waals surface area contributed by atoms with E-state index >= 15 is 0 Å². The Balaban J connectivity index is 1.86. The van der Waals surface area contributed by atoms with Crippen LogP contribution in [-0.4, -0.2) is 32.5 Å². The van der Waals surface area contributed by atoms with Crippen LogP contribution in [0, 0.1) is 0 Å². The van der Waals surface area contributed by atoms with Crippen LogP contribution in [0.3, 0.4) is 0 Å². The van der Waals surface area contributed by atoms with Crippen molar-refractivity contribution in [3.8, 4) is 11.5 Å². The second-order valence-electron chi connectivity index (χ2n) is 5.25. The number of nitrogens with one attached hydrogen (secondary N) is 2. The smallest absolute Gasteiger partial charge is 0.319 e. The van der Waals surface area contributed by atoms with Crippen LogP contribution in [0.15, 0.2) is 47.4 Å². The molecule has 5 nitrogen and oxygen atoms in total. The Bertz CT molecular complexity index is 707. The van der Waals surface area contributed by atoms with Crippen molar-refractivity contribution in [1.29, 1.82) is 0 Å². The summed E-state index contributed by atoms with van der Waals surface area (Å²) in [6.45, 7) is 3.06. The number of anilines is 1. The summed E-state index contributed by atoms with van der Waals surface area (Å²) >= 11 is 1.60. The van der Waals surface area contributed by atoms with E-state index in [1.807, 2.05) is 55.6 Å². The number of benzene rings is 2. The van der Waals surface area contributed by atoms with Crippen LogP contribution in [0.1, 0.15) is 12.5 Å². The van der Waals surface area contributed by atoms with Crippen molar-refractivity contribution in [3.63, 3.8) is 0 Å². The molecule has 0 aliphatic heterocycles. The summed E-state index contributed by atoms with van der Waals surface area (Å²) in [5.41, 5.74) is 1.89. The predicted octanol–water partition coefficient (Wildman–Crippen LogP) is 4.18. The van der Waals surface area contributed by atoms with Crippen LogP contribution < -0.4 is 20.1 Å². The molecule has 0 bridgehead atoms. The maximum absolute atomic E-state index is 12.1. The third kappa shape index (κ3) is 5.60. The maximum atomic E-state index is 12.1. The molecule has 0 saturated heterocycles. The third-order valence-corrected chi connectivity index (χ3v) is 4.38. The standard InChI is InChI=1S/C19H24N2O3S/c1-4-24-16-10-9-14(13-17(16)23-2)11-12-20-19(22)21-15-7-5-6-8-18(15)25-3/h5-10,13H,4,11-12H2,1-3H3,(H2,20,21,22). The summed E-state index contributed by atoms with van der Waals surface area (Å²) in [6, 6.07) is 13.3. The molecule has 2 rings (SSSR count). The lowest BCUT2D eigenvalue weighted by atomic mass is 10.1. The molecule has 0 unspecified atom stereocenters. The number of thioether (sulfide) groups is 1. The number of hydrogen-bond acceptors (Lipinski definition) is 4. The van der Waals surface area contributed by atoms with Crippen molar-refractivity contribution in [2.24, 2.45) is 0 Å². The summed E-state index contributed by atoms with van der Waals surface area (Å²) in [5.74, 6) is 1.44. The Morgan fingerprint density at radius 1 is 1.16 bits per heavy atom. The molecule has 0 aliphatic carbocycles. The van der Waals surface area contributed by atoms with Crippen molar-refractivity contribution in [3.05, 3.63) is 48.0 Å². The van der Waals surface area contributed by atoms with Crippen LogP contribution in [0.2, 0.25) is 0 Å². The Kier molecular flexibility index (Phi) is 7.47. The second kappa shape index (κ2) is 9.84. The number of carbonyl (C=O) groups excluding carboxylic acids is 1. The molecule has 0 radical (unpaired) electrons. The van der Waals surface area contributed by atoms with Gasteiger partial charge < -0.3 is 20.1 Å². The fourth-order valence-electron chi connectivity index (χ4n) is 2.38. The number of rotatable bonds is 8. The maximum Gasteiger partial charge on any atom is 0.319 e.